The molecular formula is C29H35F3O2S. The second-order valence-electron chi connectivity index (χ2n) is 11.6. The maximum Gasteiger partial charge on any atom is 0.281 e. The number of benzene rings is 1. The molecule has 190 valence electrons. The van der Waals surface area contributed by atoms with Gasteiger partial charge in [0.25, 0.3) is 5.92 Å². The number of carbonyl (C=O) groups excluding carboxylic acids is 1. The molecule has 0 heterocycles. The Labute approximate surface area is 210 Å². The third-order valence-electron chi connectivity index (χ3n) is 10.0. The molecule has 2 fully saturated rings. The van der Waals surface area contributed by atoms with Gasteiger partial charge in [-0.1, -0.05) is 24.6 Å². The number of fused-ring (bicyclic) bond motifs is 4. The van der Waals surface area contributed by atoms with Crippen molar-refractivity contribution in [2.24, 2.45) is 17.3 Å². The summed E-state index contributed by atoms with van der Waals surface area (Å²) < 4.78 is 45.3. The van der Waals surface area contributed by atoms with E-state index in [1.165, 1.54) is 11.1 Å². The van der Waals surface area contributed by atoms with Crippen LogP contribution in [0.15, 0.2) is 52.0 Å². The lowest BCUT2D eigenvalue weighted by Gasteiger charge is -2.57. The average molecular weight is 505 g/mol. The molecule has 4 aliphatic rings. The lowest BCUT2D eigenvalue weighted by atomic mass is 9.49. The second kappa shape index (κ2) is 8.24. The number of aliphatic hydroxyl groups is 1. The maximum atomic E-state index is 16.0. The van der Waals surface area contributed by atoms with Crippen LogP contribution in [0.5, 0.6) is 0 Å². The number of rotatable bonds is 4. The van der Waals surface area contributed by atoms with E-state index in [9.17, 15) is 18.7 Å². The van der Waals surface area contributed by atoms with Crippen LogP contribution in [0.4, 0.5) is 13.2 Å². The molecule has 5 rings (SSSR count). The van der Waals surface area contributed by atoms with E-state index in [-0.39, 0.29) is 30.0 Å². The first-order valence-corrected chi connectivity index (χ1v) is 14.0. The molecule has 0 bridgehead atoms. The predicted octanol–water partition coefficient (Wildman–Crippen LogP) is 7.42. The Morgan fingerprint density at radius 1 is 1.06 bits per heavy atom. The van der Waals surface area contributed by atoms with Crippen molar-refractivity contribution >= 4 is 17.5 Å². The van der Waals surface area contributed by atoms with Crippen molar-refractivity contribution in [3.05, 3.63) is 52.6 Å². The highest BCUT2D eigenvalue weighted by Gasteiger charge is 2.73. The molecule has 6 atom stereocenters. The van der Waals surface area contributed by atoms with Crippen LogP contribution in [0.1, 0.15) is 77.2 Å². The molecule has 0 aromatic heterocycles. The highest BCUT2D eigenvalue weighted by molar-refractivity contribution is 7.98. The Morgan fingerprint density at radius 3 is 2.37 bits per heavy atom. The fraction of sp³-hybridized carbons (Fsp3) is 0.621. The molecule has 1 aromatic carbocycles. The van der Waals surface area contributed by atoms with E-state index >= 15 is 4.39 Å². The van der Waals surface area contributed by atoms with Crippen molar-refractivity contribution in [3.8, 4) is 0 Å². The summed E-state index contributed by atoms with van der Waals surface area (Å²) in [6.07, 6.45) is 7.56. The third-order valence-corrected chi connectivity index (χ3v) is 10.7. The SMILES string of the molecule is CSc1ccc(C2CC3(C)C(CCC3(O)C(C)(F)C(C)(F)F)C3CCC4=CC(=O)CCC4=C23)cc1. The van der Waals surface area contributed by atoms with Gasteiger partial charge in [0, 0.05) is 29.6 Å². The number of ketones is 1. The first-order valence-electron chi connectivity index (χ1n) is 12.7. The molecule has 4 aliphatic carbocycles. The minimum Gasteiger partial charge on any atom is -0.386 e. The molecule has 35 heavy (non-hydrogen) atoms. The minimum atomic E-state index is -3.67. The number of thioether (sulfide) groups is 1. The predicted molar refractivity (Wildman–Crippen MR) is 134 cm³/mol. The highest BCUT2D eigenvalue weighted by Crippen LogP contribution is 2.70. The fourth-order valence-electron chi connectivity index (χ4n) is 7.93. The van der Waals surface area contributed by atoms with Gasteiger partial charge in [0.1, 0.15) is 5.60 Å². The molecule has 0 amide bonds. The summed E-state index contributed by atoms with van der Waals surface area (Å²) >= 11 is 1.65. The monoisotopic (exact) mass is 504 g/mol. The third kappa shape index (κ3) is 3.53. The van der Waals surface area contributed by atoms with Gasteiger partial charge in [0.05, 0.1) is 0 Å². The molecule has 2 saturated carbocycles. The zero-order valence-electron chi connectivity index (χ0n) is 21.0. The normalized spacial score (nSPS) is 36.7. The Hall–Kier alpha value is -1.53. The molecule has 2 nitrogen and oxygen atoms in total. The number of allylic oxidation sites excluding steroid dienone is 4. The topological polar surface area (TPSA) is 37.3 Å². The van der Waals surface area contributed by atoms with Crippen molar-refractivity contribution in [3.63, 3.8) is 0 Å². The first kappa shape index (κ1) is 25.1. The summed E-state index contributed by atoms with van der Waals surface area (Å²) in [7, 11) is 0. The quantitative estimate of drug-likeness (QED) is 0.434. The van der Waals surface area contributed by atoms with Crippen molar-refractivity contribution in [1.29, 1.82) is 0 Å². The second-order valence-corrected chi connectivity index (χ2v) is 12.4. The molecule has 0 aliphatic heterocycles. The van der Waals surface area contributed by atoms with Crippen LogP contribution in [-0.4, -0.2) is 34.3 Å². The van der Waals surface area contributed by atoms with Crippen LogP contribution in [0.25, 0.3) is 0 Å². The first-order chi connectivity index (χ1) is 16.3. The van der Waals surface area contributed by atoms with Gasteiger partial charge in [0.15, 0.2) is 11.5 Å². The van der Waals surface area contributed by atoms with Gasteiger partial charge >= 0.3 is 0 Å². The summed E-state index contributed by atoms with van der Waals surface area (Å²) in [6.45, 7) is 3.34. The lowest BCUT2D eigenvalue weighted by Crippen LogP contribution is -2.66. The van der Waals surface area contributed by atoms with E-state index in [1.807, 2.05) is 13.2 Å². The molecule has 6 heteroatoms. The Bertz CT molecular complexity index is 1100. The number of hydrogen-bond acceptors (Lipinski definition) is 3. The Morgan fingerprint density at radius 2 is 1.74 bits per heavy atom. The van der Waals surface area contributed by atoms with E-state index in [0.717, 1.165) is 35.8 Å². The summed E-state index contributed by atoms with van der Waals surface area (Å²) in [6, 6.07) is 8.32. The number of alkyl halides is 3. The molecule has 0 saturated heterocycles. The summed E-state index contributed by atoms with van der Waals surface area (Å²) in [5.74, 6) is -3.59. The van der Waals surface area contributed by atoms with E-state index in [0.29, 0.717) is 32.6 Å². The summed E-state index contributed by atoms with van der Waals surface area (Å²) in [5, 5.41) is 11.9. The maximum absolute atomic E-state index is 16.0. The molecule has 0 spiro atoms. The van der Waals surface area contributed by atoms with Crippen LogP contribution < -0.4 is 0 Å². The van der Waals surface area contributed by atoms with E-state index in [2.05, 4.69) is 24.3 Å². The summed E-state index contributed by atoms with van der Waals surface area (Å²) in [5.41, 5.74) is -1.42. The van der Waals surface area contributed by atoms with Gasteiger partial charge in [-0.15, -0.1) is 11.8 Å². The average Bonchev–Trinajstić information content (AvgIpc) is 3.09. The van der Waals surface area contributed by atoms with Gasteiger partial charge in [-0.2, -0.15) is 0 Å². The Kier molecular flexibility index (Phi) is 5.92. The molecular weight excluding hydrogens is 469 g/mol. The number of carbonyl (C=O) groups is 1. The number of hydrogen-bond donors (Lipinski definition) is 1. The molecule has 6 unspecified atom stereocenters. The van der Waals surface area contributed by atoms with Crippen molar-refractivity contribution in [2.45, 2.75) is 93.7 Å². The fourth-order valence-corrected chi connectivity index (χ4v) is 8.34. The largest absolute Gasteiger partial charge is 0.386 e. The van der Waals surface area contributed by atoms with Crippen LogP contribution in [0.3, 0.4) is 0 Å². The van der Waals surface area contributed by atoms with Gasteiger partial charge in [-0.05, 0) is 98.5 Å². The van der Waals surface area contributed by atoms with Gasteiger partial charge in [-0.3, -0.25) is 4.79 Å². The molecule has 1 aromatic rings. The van der Waals surface area contributed by atoms with E-state index < -0.39 is 22.6 Å². The molecule has 1 N–H and O–H groups in total. The lowest BCUT2D eigenvalue weighted by molar-refractivity contribution is -0.252. The van der Waals surface area contributed by atoms with E-state index in [4.69, 9.17) is 0 Å². The zero-order chi connectivity index (χ0) is 25.4. The standard InChI is InChI=1S/C29H35F3O2S/c1-26-16-23(17-5-9-20(35-4)10-6-17)25-21-12-8-19(33)15-18(21)7-11-22(25)24(26)13-14-29(26,34)27(2,30)28(3,31)32/h5-6,9-10,15,22-24,34H,7-8,11-14,16H2,1-4H3. The van der Waals surface area contributed by atoms with Gasteiger partial charge in [-0.25, -0.2) is 13.2 Å². The van der Waals surface area contributed by atoms with Crippen LogP contribution in [0, 0.1) is 17.3 Å². The van der Waals surface area contributed by atoms with Crippen molar-refractivity contribution in [1.82, 2.24) is 0 Å². The minimum absolute atomic E-state index is 0.0308. The van der Waals surface area contributed by atoms with E-state index in [1.54, 1.807) is 17.8 Å². The van der Waals surface area contributed by atoms with Gasteiger partial charge < -0.3 is 5.11 Å². The van der Waals surface area contributed by atoms with Crippen LogP contribution in [0.2, 0.25) is 0 Å². The van der Waals surface area contributed by atoms with Crippen molar-refractivity contribution in [2.75, 3.05) is 6.26 Å². The van der Waals surface area contributed by atoms with Crippen LogP contribution >= 0.6 is 11.8 Å². The smallest absolute Gasteiger partial charge is 0.281 e. The zero-order valence-corrected chi connectivity index (χ0v) is 21.8. The summed E-state index contributed by atoms with van der Waals surface area (Å²) in [4.78, 5) is 13.3. The van der Waals surface area contributed by atoms with Gasteiger partial charge in [0.2, 0.25) is 0 Å². The Balaban J connectivity index is 1.68. The molecule has 0 radical (unpaired) electrons. The highest BCUT2D eigenvalue weighted by atomic mass is 32.2. The van der Waals surface area contributed by atoms with Crippen molar-refractivity contribution < 1.29 is 23.1 Å². The van der Waals surface area contributed by atoms with Crippen LogP contribution in [-0.2, 0) is 4.79 Å². The number of halogens is 3.